The first kappa shape index (κ1) is 6.36. The molecule has 0 aromatic carbocycles. The van der Waals surface area contributed by atoms with Gasteiger partial charge in [0.25, 0.3) is 0 Å². The molecule has 0 fully saturated rings. The summed E-state index contributed by atoms with van der Waals surface area (Å²) in [5, 5.41) is 8.59. The smallest absolute Gasteiger partial charge is 0.103 e. The zero-order valence-electron chi connectivity index (χ0n) is 5.42. The predicted molar refractivity (Wildman–Crippen MR) is 34.0 cm³/mol. The maximum atomic E-state index is 8.59. The van der Waals surface area contributed by atoms with Crippen LogP contribution in [0, 0.1) is 0 Å². The topological polar surface area (TPSA) is 33.4 Å². The van der Waals surface area contributed by atoms with Crippen LogP contribution in [0.2, 0.25) is 0 Å². The van der Waals surface area contributed by atoms with Gasteiger partial charge in [-0.3, -0.25) is 0 Å². The SMILES string of the molecule is CCc1cc(CO)co1. The van der Waals surface area contributed by atoms with E-state index in [2.05, 4.69) is 0 Å². The Morgan fingerprint density at radius 3 is 2.78 bits per heavy atom. The zero-order valence-corrected chi connectivity index (χ0v) is 5.42. The number of furan rings is 1. The molecule has 0 aliphatic carbocycles. The van der Waals surface area contributed by atoms with Gasteiger partial charge in [-0.15, -0.1) is 0 Å². The summed E-state index contributed by atoms with van der Waals surface area (Å²) in [4.78, 5) is 0. The molecular formula is C7H10O2. The summed E-state index contributed by atoms with van der Waals surface area (Å²) in [5.74, 6) is 0.930. The van der Waals surface area contributed by atoms with Crippen molar-refractivity contribution < 1.29 is 9.52 Å². The fourth-order valence-corrected chi connectivity index (χ4v) is 0.695. The minimum Gasteiger partial charge on any atom is -0.469 e. The molecule has 0 unspecified atom stereocenters. The number of hydrogen-bond acceptors (Lipinski definition) is 2. The molecule has 0 atom stereocenters. The van der Waals surface area contributed by atoms with Gasteiger partial charge in [-0.25, -0.2) is 0 Å². The number of aryl methyl sites for hydroxylation is 1. The van der Waals surface area contributed by atoms with E-state index in [-0.39, 0.29) is 6.61 Å². The van der Waals surface area contributed by atoms with Gasteiger partial charge >= 0.3 is 0 Å². The highest BCUT2D eigenvalue weighted by Crippen LogP contribution is 2.07. The van der Waals surface area contributed by atoms with Crippen LogP contribution in [0.15, 0.2) is 16.7 Å². The van der Waals surface area contributed by atoms with Crippen LogP contribution in [-0.4, -0.2) is 5.11 Å². The second kappa shape index (κ2) is 2.69. The van der Waals surface area contributed by atoms with Crippen LogP contribution in [0.3, 0.4) is 0 Å². The number of aliphatic hydroxyl groups is 1. The minimum absolute atomic E-state index is 0.0729. The van der Waals surface area contributed by atoms with Gasteiger partial charge in [0, 0.05) is 12.0 Å². The quantitative estimate of drug-likeness (QED) is 0.648. The van der Waals surface area contributed by atoms with Crippen LogP contribution in [0.25, 0.3) is 0 Å². The second-order valence-electron chi connectivity index (χ2n) is 1.93. The molecule has 1 aromatic heterocycles. The van der Waals surface area contributed by atoms with E-state index in [0.717, 1.165) is 17.7 Å². The fraction of sp³-hybridized carbons (Fsp3) is 0.429. The van der Waals surface area contributed by atoms with Crippen molar-refractivity contribution in [3.05, 3.63) is 23.7 Å². The van der Waals surface area contributed by atoms with Crippen LogP contribution in [-0.2, 0) is 13.0 Å². The van der Waals surface area contributed by atoms with E-state index >= 15 is 0 Å². The Labute approximate surface area is 54.1 Å². The third-order valence-corrected chi connectivity index (χ3v) is 1.24. The van der Waals surface area contributed by atoms with E-state index in [1.54, 1.807) is 6.26 Å². The van der Waals surface area contributed by atoms with E-state index < -0.39 is 0 Å². The lowest BCUT2D eigenvalue weighted by molar-refractivity contribution is 0.280. The first-order valence-corrected chi connectivity index (χ1v) is 3.04. The molecule has 0 radical (unpaired) electrons. The van der Waals surface area contributed by atoms with E-state index in [9.17, 15) is 0 Å². The van der Waals surface area contributed by atoms with Crippen molar-refractivity contribution in [2.24, 2.45) is 0 Å². The van der Waals surface area contributed by atoms with Gasteiger partial charge in [-0.2, -0.15) is 0 Å². The van der Waals surface area contributed by atoms with Gasteiger partial charge < -0.3 is 9.52 Å². The van der Waals surface area contributed by atoms with E-state index in [1.165, 1.54) is 0 Å². The Kier molecular flexibility index (Phi) is 1.90. The van der Waals surface area contributed by atoms with Crippen molar-refractivity contribution in [3.63, 3.8) is 0 Å². The molecule has 2 nitrogen and oxygen atoms in total. The Morgan fingerprint density at radius 1 is 1.67 bits per heavy atom. The maximum Gasteiger partial charge on any atom is 0.103 e. The van der Waals surface area contributed by atoms with Crippen LogP contribution in [0.4, 0.5) is 0 Å². The summed E-state index contributed by atoms with van der Waals surface area (Å²) in [7, 11) is 0. The second-order valence-corrected chi connectivity index (χ2v) is 1.93. The Bertz CT molecular complexity index is 160. The van der Waals surface area contributed by atoms with Crippen molar-refractivity contribution >= 4 is 0 Å². The third kappa shape index (κ3) is 1.33. The lowest BCUT2D eigenvalue weighted by Gasteiger charge is -1.81. The molecule has 0 saturated carbocycles. The molecule has 0 amide bonds. The number of aliphatic hydroxyl groups excluding tert-OH is 1. The van der Waals surface area contributed by atoms with E-state index in [4.69, 9.17) is 9.52 Å². The average Bonchev–Trinajstić information content (AvgIpc) is 2.34. The normalized spacial score (nSPS) is 10.0. The Hall–Kier alpha value is -0.760. The van der Waals surface area contributed by atoms with Gasteiger partial charge in [0.1, 0.15) is 5.76 Å². The number of hydrogen-bond donors (Lipinski definition) is 1. The van der Waals surface area contributed by atoms with Gasteiger partial charge in [0.2, 0.25) is 0 Å². The van der Waals surface area contributed by atoms with Crippen LogP contribution >= 0.6 is 0 Å². The van der Waals surface area contributed by atoms with Gasteiger partial charge in [0.05, 0.1) is 12.9 Å². The number of rotatable bonds is 2. The molecule has 50 valence electrons. The summed E-state index contributed by atoms with van der Waals surface area (Å²) >= 11 is 0. The molecule has 1 aromatic rings. The summed E-state index contributed by atoms with van der Waals surface area (Å²) in [6.07, 6.45) is 2.47. The van der Waals surface area contributed by atoms with Crippen molar-refractivity contribution in [1.29, 1.82) is 0 Å². The van der Waals surface area contributed by atoms with Crippen molar-refractivity contribution in [3.8, 4) is 0 Å². The van der Waals surface area contributed by atoms with E-state index in [0.29, 0.717) is 0 Å². The van der Waals surface area contributed by atoms with Crippen LogP contribution in [0.1, 0.15) is 18.2 Å². The first-order valence-electron chi connectivity index (χ1n) is 3.04. The molecule has 0 aliphatic rings. The molecule has 1 heterocycles. The molecule has 0 bridgehead atoms. The summed E-state index contributed by atoms with van der Waals surface area (Å²) in [5.41, 5.74) is 0.854. The van der Waals surface area contributed by atoms with E-state index in [1.807, 2.05) is 13.0 Å². The highest BCUT2D eigenvalue weighted by atomic mass is 16.3. The van der Waals surface area contributed by atoms with Crippen molar-refractivity contribution in [2.45, 2.75) is 20.0 Å². The Balaban J connectivity index is 2.74. The zero-order chi connectivity index (χ0) is 6.69. The summed E-state index contributed by atoms with van der Waals surface area (Å²) in [6, 6.07) is 1.86. The lowest BCUT2D eigenvalue weighted by Crippen LogP contribution is -1.75. The molecule has 0 spiro atoms. The fourth-order valence-electron chi connectivity index (χ4n) is 0.695. The molecule has 0 aliphatic heterocycles. The average molecular weight is 126 g/mol. The molecule has 0 saturated heterocycles. The third-order valence-electron chi connectivity index (χ3n) is 1.24. The highest BCUT2D eigenvalue weighted by Gasteiger charge is 1.95. The molecule has 1 N–H and O–H groups in total. The maximum absolute atomic E-state index is 8.59. The first-order chi connectivity index (χ1) is 4.36. The lowest BCUT2D eigenvalue weighted by atomic mass is 10.3. The standard InChI is InChI=1S/C7H10O2/c1-2-7-3-6(4-8)5-9-7/h3,5,8H,2,4H2,1H3. The molecular weight excluding hydrogens is 116 g/mol. The molecule has 2 heteroatoms. The minimum atomic E-state index is 0.0729. The van der Waals surface area contributed by atoms with Gasteiger partial charge in [-0.05, 0) is 6.07 Å². The molecule has 9 heavy (non-hydrogen) atoms. The summed E-state index contributed by atoms with van der Waals surface area (Å²) in [6.45, 7) is 2.09. The summed E-state index contributed by atoms with van der Waals surface area (Å²) < 4.78 is 5.04. The van der Waals surface area contributed by atoms with Crippen molar-refractivity contribution in [1.82, 2.24) is 0 Å². The van der Waals surface area contributed by atoms with Crippen LogP contribution < -0.4 is 0 Å². The van der Waals surface area contributed by atoms with Crippen LogP contribution in [0.5, 0.6) is 0 Å². The Morgan fingerprint density at radius 2 is 2.44 bits per heavy atom. The van der Waals surface area contributed by atoms with Gasteiger partial charge in [-0.1, -0.05) is 6.92 Å². The monoisotopic (exact) mass is 126 g/mol. The predicted octanol–water partition coefficient (Wildman–Crippen LogP) is 1.33. The van der Waals surface area contributed by atoms with Crippen molar-refractivity contribution in [2.75, 3.05) is 0 Å². The van der Waals surface area contributed by atoms with Gasteiger partial charge in [0.15, 0.2) is 0 Å². The molecule has 1 rings (SSSR count). The largest absolute Gasteiger partial charge is 0.469 e. The highest BCUT2D eigenvalue weighted by molar-refractivity contribution is 5.11.